The van der Waals surface area contributed by atoms with Crippen LogP contribution in [0.3, 0.4) is 0 Å². The molecule has 1 aromatic rings. The molecule has 1 saturated carbocycles. The summed E-state index contributed by atoms with van der Waals surface area (Å²) in [5, 5.41) is 9.65. The van der Waals surface area contributed by atoms with Crippen LogP contribution in [0, 0.1) is 5.92 Å². The van der Waals surface area contributed by atoms with Crippen LogP contribution in [-0.2, 0) is 14.3 Å². The number of hydrogen-bond acceptors (Lipinski definition) is 3. The van der Waals surface area contributed by atoms with Gasteiger partial charge in [-0.2, -0.15) is 0 Å². The van der Waals surface area contributed by atoms with Crippen LogP contribution in [0.5, 0.6) is 0 Å². The zero-order valence-corrected chi connectivity index (χ0v) is 15.0. The molecule has 1 aliphatic heterocycles. The molecule has 1 aliphatic carbocycles. The van der Waals surface area contributed by atoms with E-state index in [-0.39, 0.29) is 18.4 Å². The maximum absolute atomic E-state index is 13.4. The van der Waals surface area contributed by atoms with E-state index in [1.54, 1.807) is 4.90 Å². The van der Waals surface area contributed by atoms with E-state index in [1.165, 1.54) is 0 Å². The molecule has 1 amide bonds. The van der Waals surface area contributed by atoms with Crippen molar-refractivity contribution >= 4 is 11.9 Å². The minimum atomic E-state index is -0.980. The van der Waals surface area contributed by atoms with E-state index in [2.05, 4.69) is 6.92 Å². The van der Waals surface area contributed by atoms with Crippen molar-refractivity contribution in [2.24, 2.45) is 5.92 Å². The van der Waals surface area contributed by atoms with E-state index in [0.29, 0.717) is 12.3 Å². The molecule has 25 heavy (non-hydrogen) atoms. The number of aliphatic carboxylic acids is 1. The van der Waals surface area contributed by atoms with Crippen LogP contribution in [0.15, 0.2) is 30.3 Å². The average Bonchev–Trinajstić information content (AvgIpc) is 2.98. The Balaban J connectivity index is 1.93. The Morgan fingerprint density at radius 3 is 2.48 bits per heavy atom. The van der Waals surface area contributed by atoms with Crippen molar-refractivity contribution in [2.75, 3.05) is 6.61 Å². The summed E-state index contributed by atoms with van der Waals surface area (Å²) in [5.74, 6) is -0.841. The lowest BCUT2D eigenvalue weighted by atomic mass is 9.82. The van der Waals surface area contributed by atoms with Crippen molar-refractivity contribution < 1.29 is 19.4 Å². The number of carboxylic acid groups (broad SMARTS) is 1. The molecule has 136 valence electrons. The van der Waals surface area contributed by atoms with Crippen molar-refractivity contribution in [1.29, 1.82) is 0 Å². The molecule has 5 heteroatoms. The fourth-order valence-corrected chi connectivity index (χ4v) is 4.20. The third-order valence-corrected chi connectivity index (χ3v) is 5.75. The van der Waals surface area contributed by atoms with Gasteiger partial charge < -0.3 is 9.84 Å². The maximum atomic E-state index is 13.4. The monoisotopic (exact) mass is 345 g/mol. The maximum Gasteiger partial charge on any atom is 0.328 e. The van der Waals surface area contributed by atoms with Gasteiger partial charge in [0.2, 0.25) is 5.91 Å². The predicted molar refractivity (Wildman–Crippen MR) is 94.1 cm³/mol. The van der Waals surface area contributed by atoms with E-state index in [0.717, 1.165) is 31.2 Å². The number of carbonyl (C=O) groups excluding carboxylic acids is 1. The fourth-order valence-electron chi connectivity index (χ4n) is 4.20. The number of benzene rings is 1. The Labute approximate surface area is 149 Å². The summed E-state index contributed by atoms with van der Waals surface area (Å²) in [6, 6.07) is 8.74. The number of ether oxygens (including phenoxy) is 1. The van der Waals surface area contributed by atoms with E-state index in [9.17, 15) is 14.7 Å². The average molecular weight is 345 g/mol. The zero-order chi connectivity index (χ0) is 18.0. The summed E-state index contributed by atoms with van der Waals surface area (Å²) >= 11 is 0. The molecule has 2 atom stereocenters. The Bertz CT molecular complexity index is 622. The van der Waals surface area contributed by atoms with Gasteiger partial charge in [-0.1, -0.05) is 44.2 Å². The molecule has 2 fully saturated rings. The molecule has 0 unspecified atom stereocenters. The van der Waals surface area contributed by atoms with E-state index >= 15 is 0 Å². The lowest BCUT2D eigenvalue weighted by Crippen LogP contribution is -2.56. The SMILES string of the molecule is CC[C@H](C(=O)N1[C@@H](C(=O)O)COC12CCC(C)CC2)c1ccccc1. The lowest BCUT2D eigenvalue weighted by Gasteiger charge is -2.43. The van der Waals surface area contributed by atoms with Crippen molar-refractivity contribution in [1.82, 2.24) is 4.90 Å². The summed E-state index contributed by atoms with van der Waals surface area (Å²) in [5.41, 5.74) is 0.194. The van der Waals surface area contributed by atoms with E-state index in [1.807, 2.05) is 37.3 Å². The lowest BCUT2D eigenvalue weighted by molar-refractivity contribution is -0.166. The van der Waals surface area contributed by atoms with Crippen molar-refractivity contribution in [2.45, 2.75) is 63.6 Å². The highest BCUT2D eigenvalue weighted by Crippen LogP contribution is 2.44. The van der Waals surface area contributed by atoms with Gasteiger partial charge in [-0.05, 0) is 43.6 Å². The molecule has 1 heterocycles. The molecular formula is C20H27NO4. The Hall–Kier alpha value is -1.88. The number of carbonyl (C=O) groups is 2. The minimum Gasteiger partial charge on any atom is -0.480 e. The third kappa shape index (κ3) is 3.30. The predicted octanol–water partition coefficient (Wildman–Crippen LogP) is 3.40. The van der Waals surface area contributed by atoms with Crippen LogP contribution in [-0.4, -0.2) is 40.3 Å². The first-order valence-electron chi connectivity index (χ1n) is 9.23. The first-order valence-corrected chi connectivity index (χ1v) is 9.23. The van der Waals surface area contributed by atoms with Gasteiger partial charge in [0.1, 0.15) is 5.72 Å². The number of rotatable bonds is 4. The summed E-state index contributed by atoms with van der Waals surface area (Å²) < 4.78 is 5.99. The van der Waals surface area contributed by atoms with Gasteiger partial charge in [-0.15, -0.1) is 0 Å². The molecule has 1 N–H and O–H groups in total. The second kappa shape index (κ2) is 7.16. The second-order valence-electron chi connectivity index (χ2n) is 7.37. The van der Waals surface area contributed by atoms with Gasteiger partial charge in [-0.3, -0.25) is 9.69 Å². The zero-order valence-electron chi connectivity index (χ0n) is 15.0. The molecule has 0 bridgehead atoms. The topological polar surface area (TPSA) is 66.8 Å². The van der Waals surface area contributed by atoms with Crippen LogP contribution < -0.4 is 0 Å². The quantitative estimate of drug-likeness (QED) is 0.908. The van der Waals surface area contributed by atoms with Gasteiger partial charge in [0.25, 0.3) is 0 Å². The molecule has 1 spiro atoms. The number of amides is 1. The fraction of sp³-hybridized carbons (Fsp3) is 0.600. The molecule has 1 aromatic carbocycles. The molecule has 5 nitrogen and oxygen atoms in total. The number of nitrogens with zero attached hydrogens (tertiary/aromatic N) is 1. The van der Waals surface area contributed by atoms with Crippen molar-refractivity contribution in [3.05, 3.63) is 35.9 Å². The van der Waals surface area contributed by atoms with Gasteiger partial charge >= 0.3 is 5.97 Å². The van der Waals surface area contributed by atoms with Crippen LogP contribution in [0.4, 0.5) is 0 Å². The summed E-state index contributed by atoms with van der Waals surface area (Å²) in [4.78, 5) is 26.8. The van der Waals surface area contributed by atoms with Crippen LogP contribution >= 0.6 is 0 Å². The standard InChI is InChI=1S/C20H27NO4/c1-3-16(15-7-5-4-6-8-15)18(22)21-17(19(23)24)13-25-20(21)11-9-14(2)10-12-20/h4-8,14,16-17H,3,9-13H2,1-2H3,(H,23,24)/t14?,16-,17+,20?/m0/s1. The molecular weight excluding hydrogens is 318 g/mol. The molecule has 1 saturated heterocycles. The van der Waals surface area contributed by atoms with E-state index < -0.39 is 17.7 Å². The largest absolute Gasteiger partial charge is 0.480 e. The second-order valence-corrected chi connectivity index (χ2v) is 7.37. The highest BCUT2D eigenvalue weighted by atomic mass is 16.5. The highest BCUT2D eigenvalue weighted by molar-refractivity contribution is 5.89. The minimum absolute atomic E-state index is 0.0840. The molecule has 2 aliphatic rings. The molecule has 0 radical (unpaired) electrons. The van der Waals surface area contributed by atoms with Crippen LogP contribution in [0.2, 0.25) is 0 Å². The Morgan fingerprint density at radius 2 is 1.92 bits per heavy atom. The van der Waals surface area contributed by atoms with Gasteiger partial charge in [-0.25, -0.2) is 4.79 Å². The smallest absolute Gasteiger partial charge is 0.328 e. The third-order valence-electron chi connectivity index (χ3n) is 5.75. The first-order chi connectivity index (χ1) is 12.0. The van der Waals surface area contributed by atoms with Crippen molar-refractivity contribution in [3.63, 3.8) is 0 Å². The van der Waals surface area contributed by atoms with Gasteiger partial charge in [0, 0.05) is 0 Å². The molecule has 0 aromatic heterocycles. The number of hydrogen-bond donors (Lipinski definition) is 1. The molecule has 3 rings (SSSR count). The summed E-state index contributed by atoms with van der Waals surface area (Å²) in [6.45, 7) is 4.25. The van der Waals surface area contributed by atoms with Crippen LogP contribution in [0.1, 0.15) is 57.4 Å². The highest BCUT2D eigenvalue weighted by Gasteiger charge is 2.54. The van der Waals surface area contributed by atoms with E-state index in [4.69, 9.17) is 4.74 Å². The van der Waals surface area contributed by atoms with Crippen LogP contribution in [0.25, 0.3) is 0 Å². The first kappa shape index (κ1) is 17.9. The Morgan fingerprint density at radius 1 is 1.28 bits per heavy atom. The summed E-state index contributed by atoms with van der Waals surface area (Å²) in [6.07, 6.45) is 3.98. The van der Waals surface area contributed by atoms with Crippen molar-refractivity contribution in [3.8, 4) is 0 Å². The normalized spacial score (nSPS) is 30.4. The number of carboxylic acids is 1. The summed E-state index contributed by atoms with van der Waals surface area (Å²) in [7, 11) is 0. The Kier molecular flexibility index (Phi) is 5.13. The van der Waals surface area contributed by atoms with Gasteiger partial charge in [0.15, 0.2) is 6.04 Å². The van der Waals surface area contributed by atoms with Gasteiger partial charge in [0.05, 0.1) is 12.5 Å².